The van der Waals surface area contributed by atoms with E-state index >= 15 is 0 Å². The monoisotopic (exact) mass is 194 g/mol. The van der Waals surface area contributed by atoms with Crippen molar-refractivity contribution in [1.82, 2.24) is 0 Å². The van der Waals surface area contributed by atoms with Crippen LogP contribution in [0, 0.1) is 30.1 Å². The first-order valence-corrected chi connectivity index (χ1v) is 4.82. The predicted molar refractivity (Wildman–Crippen MR) is 59.2 cm³/mol. The molecule has 0 unspecified atom stereocenters. The molecule has 1 aliphatic carbocycles. The molecule has 15 heavy (non-hydrogen) atoms. The van der Waals surface area contributed by atoms with Crippen LogP contribution >= 0.6 is 0 Å². The van der Waals surface area contributed by atoms with Crippen molar-refractivity contribution in [3.05, 3.63) is 35.4 Å². The first-order chi connectivity index (χ1) is 7.23. The number of terminal acetylenes is 2. The third-order valence-electron chi connectivity index (χ3n) is 2.91. The lowest BCUT2D eigenvalue weighted by atomic mass is 9.71. The average molecular weight is 194 g/mol. The maximum absolute atomic E-state index is 12.1. The number of Topliss-reactive ketones (excluding diaryl/α,β-unsaturated/α-hetero) is 1. The Bertz CT molecular complexity index is 483. The van der Waals surface area contributed by atoms with Crippen LogP contribution in [0.15, 0.2) is 24.3 Å². The molecule has 0 aromatic heterocycles. The first-order valence-electron chi connectivity index (χ1n) is 4.82. The van der Waals surface area contributed by atoms with Crippen molar-refractivity contribution >= 4 is 5.78 Å². The minimum Gasteiger partial charge on any atom is -0.291 e. The minimum absolute atomic E-state index is 0.102. The second-order valence-electron chi connectivity index (χ2n) is 3.68. The van der Waals surface area contributed by atoms with Crippen LogP contribution in [-0.4, -0.2) is 5.78 Å². The first kappa shape index (κ1) is 9.56. The molecule has 72 valence electrons. The van der Waals surface area contributed by atoms with Gasteiger partial charge in [0.05, 0.1) is 0 Å². The van der Waals surface area contributed by atoms with Crippen molar-refractivity contribution in [2.24, 2.45) is 5.41 Å². The molecule has 1 aromatic rings. The second-order valence-corrected chi connectivity index (χ2v) is 3.68. The minimum atomic E-state index is -1.02. The molecule has 1 aliphatic rings. The van der Waals surface area contributed by atoms with Crippen LogP contribution in [0.3, 0.4) is 0 Å². The van der Waals surface area contributed by atoms with E-state index in [0.29, 0.717) is 12.0 Å². The van der Waals surface area contributed by atoms with Crippen LogP contribution in [0.5, 0.6) is 0 Å². The van der Waals surface area contributed by atoms with Crippen LogP contribution in [0.2, 0.25) is 0 Å². The van der Waals surface area contributed by atoms with Gasteiger partial charge in [-0.1, -0.05) is 36.1 Å². The third kappa shape index (κ3) is 1.25. The quantitative estimate of drug-likeness (QED) is 0.578. The highest BCUT2D eigenvalue weighted by molar-refractivity contribution is 6.06. The molecule has 1 aromatic carbocycles. The molecule has 2 rings (SSSR count). The van der Waals surface area contributed by atoms with Gasteiger partial charge in [-0.05, 0) is 18.4 Å². The molecule has 0 saturated heterocycles. The molecule has 1 heteroatoms. The Balaban J connectivity index is 2.58. The van der Waals surface area contributed by atoms with Gasteiger partial charge in [0.15, 0.2) is 11.2 Å². The number of carbonyl (C=O) groups is 1. The molecule has 0 atom stereocenters. The summed E-state index contributed by atoms with van der Waals surface area (Å²) >= 11 is 0. The van der Waals surface area contributed by atoms with Gasteiger partial charge < -0.3 is 0 Å². The summed E-state index contributed by atoms with van der Waals surface area (Å²) in [7, 11) is 0. The molecule has 0 bridgehead atoms. The van der Waals surface area contributed by atoms with Crippen LogP contribution in [0.25, 0.3) is 0 Å². The number of fused-ring (bicyclic) bond motifs is 1. The van der Waals surface area contributed by atoms with Gasteiger partial charge in [0, 0.05) is 5.56 Å². The van der Waals surface area contributed by atoms with E-state index in [0.717, 1.165) is 12.0 Å². The molecule has 1 nitrogen and oxygen atoms in total. The predicted octanol–water partition coefficient (Wildman–Crippen LogP) is 2.07. The Kier molecular flexibility index (Phi) is 2.10. The number of rotatable bonds is 0. The molecule has 0 heterocycles. The van der Waals surface area contributed by atoms with Crippen molar-refractivity contribution in [2.45, 2.75) is 12.8 Å². The normalized spacial score (nSPS) is 17.3. The second kappa shape index (κ2) is 3.30. The van der Waals surface area contributed by atoms with Crippen molar-refractivity contribution in [1.29, 1.82) is 0 Å². The van der Waals surface area contributed by atoms with E-state index in [2.05, 4.69) is 11.8 Å². The van der Waals surface area contributed by atoms with Gasteiger partial charge in [-0.3, -0.25) is 4.79 Å². The van der Waals surface area contributed by atoms with E-state index < -0.39 is 5.41 Å². The molecule has 0 saturated carbocycles. The molecule has 0 N–H and O–H groups in total. The number of ketones is 1. The summed E-state index contributed by atoms with van der Waals surface area (Å²) in [6, 6.07) is 7.50. The topological polar surface area (TPSA) is 17.1 Å². The van der Waals surface area contributed by atoms with Crippen LogP contribution in [0.1, 0.15) is 22.3 Å². The summed E-state index contributed by atoms with van der Waals surface area (Å²) in [4.78, 5) is 12.1. The number of aryl methyl sites for hydroxylation is 1. The Morgan fingerprint density at radius 3 is 2.53 bits per heavy atom. The molecule has 0 spiro atoms. The number of benzene rings is 1. The van der Waals surface area contributed by atoms with Gasteiger partial charge in [-0.15, -0.1) is 12.8 Å². The Morgan fingerprint density at radius 1 is 1.20 bits per heavy atom. The van der Waals surface area contributed by atoms with E-state index in [4.69, 9.17) is 12.8 Å². The molecular formula is C14H10O. The van der Waals surface area contributed by atoms with Crippen LogP contribution in [-0.2, 0) is 6.42 Å². The number of hydrogen-bond acceptors (Lipinski definition) is 1. The van der Waals surface area contributed by atoms with Gasteiger partial charge in [0.1, 0.15) is 0 Å². The molecule has 0 amide bonds. The zero-order chi connectivity index (χ0) is 10.9. The van der Waals surface area contributed by atoms with Crippen molar-refractivity contribution in [3.8, 4) is 24.7 Å². The van der Waals surface area contributed by atoms with E-state index in [1.807, 2.05) is 18.2 Å². The van der Waals surface area contributed by atoms with Gasteiger partial charge in [-0.25, -0.2) is 0 Å². The Hall–Kier alpha value is -1.99. The average Bonchev–Trinajstić information content (AvgIpc) is 2.31. The lowest BCUT2D eigenvalue weighted by Gasteiger charge is -2.27. The zero-order valence-electron chi connectivity index (χ0n) is 8.29. The molecule has 0 radical (unpaired) electrons. The molecule has 0 aliphatic heterocycles. The summed E-state index contributed by atoms with van der Waals surface area (Å²) in [5, 5.41) is 0. The summed E-state index contributed by atoms with van der Waals surface area (Å²) in [5.74, 6) is 4.84. The zero-order valence-corrected chi connectivity index (χ0v) is 8.29. The van der Waals surface area contributed by atoms with Gasteiger partial charge in [-0.2, -0.15) is 0 Å². The van der Waals surface area contributed by atoms with Gasteiger partial charge >= 0.3 is 0 Å². The van der Waals surface area contributed by atoms with E-state index in [9.17, 15) is 4.79 Å². The van der Waals surface area contributed by atoms with Crippen molar-refractivity contribution in [2.75, 3.05) is 0 Å². The smallest absolute Gasteiger partial charge is 0.193 e. The standard InChI is InChI=1S/C14H10O/c1-3-14(4-2)10-9-11-7-5-6-8-12(11)13(14)15/h1-2,5-8H,9-10H2. The summed E-state index contributed by atoms with van der Waals surface area (Å²) in [6.45, 7) is 0. The highest BCUT2D eigenvalue weighted by Crippen LogP contribution is 2.34. The fraction of sp³-hybridized carbons (Fsp3) is 0.214. The summed E-state index contributed by atoms with van der Waals surface area (Å²) in [5.41, 5.74) is 0.706. The summed E-state index contributed by atoms with van der Waals surface area (Å²) in [6.07, 6.45) is 12.1. The molecule has 0 fully saturated rings. The van der Waals surface area contributed by atoms with Crippen molar-refractivity contribution in [3.63, 3.8) is 0 Å². The van der Waals surface area contributed by atoms with E-state index in [1.54, 1.807) is 6.07 Å². The lowest BCUT2D eigenvalue weighted by molar-refractivity contribution is 0.0890. The Morgan fingerprint density at radius 2 is 1.87 bits per heavy atom. The largest absolute Gasteiger partial charge is 0.291 e. The highest BCUT2D eigenvalue weighted by Gasteiger charge is 2.39. The fourth-order valence-electron chi connectivity index (χ4n) is 1.94. The number of carbonyl (C=O) groups excluding carboxylic acids is 1. The van der Waals surface area contributed by atoms with Crippen molar-refractivity contribution < 1.29 is 4.79 Å². The SMILES string of the molecule is C#CC1(C#C)CCc2ccccc2C1=O. The fourth-order valence-corrected chi connectivity index (χ4v) is 1.94. The molecular weight excluding hydrogens is 184 g/mol. The van der Waals surface area contributed by atoms with E-state index in [-0.39, 0.29) is 5.78 Å². The van der Waals surface area contributed by atoms with Gasteiger partial charge in [0.2, 0.25) is 0 Å². The van der Waals surface area contributed by atoms with Crippen LogP contribution in [0.4, 0.5) is 0 Å². The van der Waals surface area contributed by atoms with Crippen LogP contribution < -0.4 is 0 Å². The maximum atomic E-state index is 12.1. The maximum Gasteiger partial charge on any atom is 0.193 e. The Labute approximate surface area is 89.5 Å². The van der Waals surface area contributed by atoms with Gasteiger partial charge in [0.25, 0.3) is 0 Å². The summed E-state index contributed by atoms with van der Waals surface area (Å²) < 4.78 is 0. The lowest BCUT2D eigenvalue weighted by Crippen LogP contribution is -2.33. The number of hydrogen-bond donors (Lipinski definition) is 0. The van der Waals surface area contributed by atoms with E-state index in [1.165, 1.54) is 0 Å². The highest BCUT2D eigenvalue weighted by atomic mass is 16.1. The third-order valence-corrected chi connectivity index (χ3v) is 2.91.